The Morgan fingerprint density at radius 1 is 0.815 bits per heavy atom. The molecule has 156 valence electrons. The van der Waals surface area contributed by atoms with Crippen molar-refractivity contribution in [3.63, 3.8) is 0 Å². The van der Waals surface area contributed by atoms with Gasteiger partial charge in [-0.05, 0) is 33.6 Å². The third kappa shape index (κ3) is 12.3. The molecule has 0 unspecified atom stereocenters. The number of ether oxygens (including phenoxy) is 3. The topological polar surface area (TPSA) is 96.0 Å². The van der Waals surface area contributed by atoms with Crippen molar-refractivity contribution < 1.29 is 33.4 Å². The summed E-state index contributed by atoms with van der Waals surface area (Å²) in [5.41, 5.74) is -0.841. The average Bonchev–Trinajstić information content (AvgIpc) is 2.58. The molecule has 0 N–H and O–H groups in total. The maximum Gasteiger partial charge on any atom is 0.305 e. The lowest BCUT2D eigenvalue weighted by atomic mass is 9.98. The molecule has 0 fully saturated rings. The molecule has 0 aliphatic rings. The Morgan fingerprint density at radius 3 is 1.74 bits per heavy atom. The van der Waals surface area contributed by atoms with Crippen molar-refractivity contribution in [3.8, 4) is 0 Å². The van der Waals surface area contributed by atoms with Crippen LogP contribution >= 0.6 is 0 Å². The highest BCUT2D eigenvalue weighted by Gasteiger charge is 2.27. The molecule has 0 atom stereocenters. The van der Waals surface area contributed by atoms with Gasteiger partial charge in [-0.2, -0.15) is 0 Å². The number of rotatable bonds is 15. The largest absolute Gasteiger partial charge is 0.462 e. The smallest absolute Gasteiger partial charge is 0.305 e. The summed E-state index contributed by atoms with van der Waals surface area (Å²) in [7, 11) is 0. The molecule has 0 saturated heterocycles. The van der Waals surface area contributed by atoms with Crippen molar-refractivity contribution in [1.82, 2.24) is 0 Å². The highest BCUT2D eigenvalue weighted by atomic mass is 16.6. The number of carbonyl (C=O) groups is 4. The summed E-state index contributed by atoms with van der Waals surface area (Å²) in [6.45, 7) is 9.31. The van der Waals surface area contributed by atoms with E-state index in [2.05, 4.69) is 0 Å². The van der Waals surface area contributed by atoms with Gasteiger partial charge in [-0.1, -0.05) is 13.8 Å². The number of esters is 2. The van der Waals surface area contributed by atoms with E-state index in [0.29, 0.717) is 25.9 Å². The molecule has 7 nitrogen and oxygen atoms in total. The number of carbonyl (C=O) groups excluding carboxylic acids is 4. The zero-order valence-electron chi connectivity index (χ0n) is 17.3. The van der Waals surface area contributed by atoms with E-state index in [1.54, 1.807) is 13.8 Å². The molecule has 0 rings (SSSR count). The second kappa shape index (κ2) is 13.4. The van der Waals surface area contributed by atoms with Gasteiger partial charge in [-0.15, -0.1) is 0 Å². The van der Waals surface area contributed by atoms with E-state index in [0.717, 1.165) is 0 Å². The molecule has 0 bridgehead atoms. The second-order valence-corrected chi connectivity index (χ2v) is 7.14. The maximum absolute atomic E-state index is 12.0. The van der Waals surface area contributed by atoms with Crippen molar-refractivity contribution in [2.24, 2.45) is 5.92 Å². The minimum Gasteiger partial charge on any atom is -0.462 e. The number of Topliss-reactive ketones (excluding diaryl/α,β-unsaturated/α-hetero) is 2. The summed E-state index contributed by atoms with van der Waals surface area (Å²) in [5, 5.41) is 0. The van der Waals surface area contributed by atoms with Gasteiger partial charge in [0.05, 0.1) is 0 Å². The Bertz CT molecular complexity index is 495. The number of hydrogen-bond acceptors (Lipinski definition) is 7. The first-order valence-electron chi connectivity index (χ1n) is 9.61. The Morgan fingerprint density at radius 2 is 1.30 bits per heavy atom. The molecule has 0 spiro atoms. The van der Waals surface area contributed by atoms with E-state index < -0.39 is 17.5 Å². The van der Waals surface area contributed by atoms with E-state index in [9.17, 15) is 19.2 Å². The van der Waals surface area contributed by atoms with Gasteiger partial charge >= 0.3 is 11.9 Å². The van der Waals surface area contributed by atoms with Crippen molar-refractivity contribution in [3.05, 3.63) is 0 Å². The van der Waals surface area contributed by atoms with E-state index in [-0.39, 0.29) is 50.0 Å². The number of ketones is 2. The van der Waals surface area contributed by atoms with Crippen LogP contribution in [-0.4, -0.2) is 48.9 Å². The molecule has 0 amide bonds. The molecule has 0 radical (unpaired) electrons. The lowest BCUT2D eigenvalue weighted by molar-refractivity contribution is -0.152. The molecule has 0 aliphatic heterocycles. The predicted molar refractivity (Wildman–Crippen MR) is 100 cm³/mol. The fraction of sp³-hybridized carbons (Fsp3) is 0.800. The lowest BCUT2D eigenvalue weighted by Crippen LogP contribution is -2.35. The average molecular weight is 386 g/mol. The van der Waals surface area contributed by atoms with Gasteiger partial charge in [0.2, 0.25) is 0 Å². The molecule has 0 aliphatic carbocycles. The zero-order chi connectivity index (χ0) is 20.9. The van der Waals surface area contributed by atoms with Crippen LogP contribution in [0.3, 0.4) is 0 Å². The van der Waals surface area contributed by atoms with Gasteiger partial charge in [0.15, 0.2) is 5.78 Å². The van der Waals surface area contributed by atoms with Crippen molar-refractivity contribution >= 4 is 23.5 Å². The molecule has 0 heterocycles. The normalized spacial score (nSPS) is 11.3. The first-order valence-corrected chi connectivity index (χ1v) is 9.61. The molecule has 0 aromatic heterocycles. The predicted octanol–water partition coefficient (Wildman–Crippen LogP) is 3.02. The minimum absolute atomic E-state index is 0.0149. The third-order valence-corrected chi connectivity index (χ3v) is 4.02. The summed E-state index contributed by atoms with van der Waals surface area (Å²) in [6, 6.07) is 0. The second-order valence-electron chi connectivity index (χ2n) is 7.14. The first kappa shape index (κ1) is 25.2. The zero-order valence-corrected chi connectivity index (χ0v) is 17.3. The van der Waals surface area contributed by atoms with Crippen molar-refractivity contribution in [2.75, 3.05) is 19.8 Å². The van der Waals surface area contributed by atoms with E-state index in [4.69, 9.17) is 14.2 Å². The SMILES string of the molecule is CCOC(C)(C)C(=O)CCCC(=O)OCCOC(=O)CCCC(=O)C(C)C. The summed E-state index contributed by atoms with van der Waals surface area (Å²) in [5.74, 6) is -0.801. The van der Waals surface area contributed by atoms with E-state index >= 15 is 0 Å². The Hall–Kier alpha value is -1.76. The Labute approximate surface area is 162 Å². The van der Waals surface area contributed by atoms with Crippen LogP contribution in [0.5, 0.6) is 0 Å². The molecule has 27 heavy (non-hydrogen) atoms. The van der Waals surface area contributed by atoms with Gasteiger partial charge in [0, 0.05) is 38.2 Å². The Kier molecular flexibility index (Phi) is 12.5. The minimum atomic E-state index is -0.841. The van der Waals surface area contributed by atoms with Crippen LogP contribution < -0.4 is 0 Å². The molecule has 0 aromatic rings. The van der Waals surface area contributed by atoms with Gasteiger partial charge in [-0.25, -0.2) is 0 Å². The van der Waals surface area contributed by atoms with Crippen molar-refractivity contribution in [1.29, 1.82) is 0 Å². The molecule has 0 saturated carbocycles. The summed E-state index contributed by atoms with van der Waals surface area (Å²) in [4.78, 5) is 46.5. The van der Waals surface area contributed by atoms with Gasteiger partial charge < -0.3 is 14.2 Å². The van der Waals surface area contributed by atoms with Crippen molar-refractivity contribution in [2.45, 2.75) is 78.7 Å². The first-order chi connectivity index (χ1) is 12.6. The van der Waals surface area contributed by atoms with E-state index in [1.807, 2.05) is 20.8 Å². The molecule has 7 heteroatoms. The molecular formula is C20H34O7. The maximum atomic E-state index is 12.0. The quantitative estimate of drug-likeness (QED) is 0.315. The van der Waals surface area contributed by atoms with Crippen LogP contribution in [-0.2, 0) is 33.4 Å². The summed E-state index contributed by atoms with van der Waals surface area (Å²) < 4.78 is 15.3. The fourth-order valence-corrected chi connectivity index (χ4v) is 2.29. The van der Waals surface area contributed by atoms with Crippen LogP contribution in [0.1, 0.15) is 73.1 Å². The van der Waals surface area contributed by atoms with Crippen LogP contribution in [0, 0.1) is 5.92 Å². The van der Waals surface area contributed by atoms with Gasteiger partial charge in [0.1, 0.15) is 24.6 Å². The van der Waals surface area contributed by atoms with E-state index in [1.165, 1.54) is 0 Å². The standard InChI is InChI=1S/C20H34O7/c1-6-27-20(4,5)17(22)10-8-12-19(24)26-14-13-25-18(23)11-7-9-16(21)15(2)3/h15H,6-14H2,1-5H3. The van der Waals surface area contributed by atoms with Crippen LogP contribution in [0.15, 0.2) is 0 Å². The highest BCUT2D eigenvalue weighted by Crippen LogP contribution is 2.15. The summed E-state index contributed by atoms with van der Waals surface area (Å²) in [6.07, 6.45) is 1.75. The Balaban J connectivity index is 3.76. The number of hydrogen-bond donors (Lipinski definition) is 0. The molecule has 0 aromatic carbocycles. The fourth-order valence-electron chi connectivity index (χ4n) is 2.29. The van der Waals surface area contributed by atoms with Gasteiger partial charge in [-0.3, -0.25) is 19.2 Å². The van der Waals surface area contributed by atoms with Gasteiger partial charge in [0.25, 0.3) is 0 Å². The van der Waals surface area contributed by atoms with Crippen LogP contribution in [0.2, 0.25) is 0 Å². The third-order valence-electron chi connectivity index (χ3n) is 4.02. The highest BCUT2D eigenvalue weighted by molar-refractivity contribution is 5.86. The summed E-state index contributed by atoms with van der Waals surface area (Å²) >= 11 is 0. The van der Waals surface area contributed by atoms with Crippen LogP contribution in [0.25, 0.3) is 0 Å². The van der Waals surface area contributed by atoms with Crippen LogP contribution in [0.4, 0.5) is 0 Å². The molecular weight excluding hydrogens is 352 g/mol. The lowest BCUT2D eigenvalue weighted by Gasteiger charge is -2.22. The monoisotopic (exact) mass is 386 g/mol.